The first-order chi connectivity index (χ1) is 17.6. The molecule has 1 fully saturated rings. The number of hydrogen-bond acceptors (Lipinski definition) is 6. The molecule has 1 aliphatic heterocycles. The van der Waals surface area contributed by atoms with Crippen molar-refractivity contribution in [2.24, 2.45) is 5.92 Å². The molecule has 2 aromatic rings. The maximum atomic E-state index is 14.0. The highest BCUT2D eigenvalue weighted by molar-refractivity contribution is 7.52. The number of ether oxygens (including phenoxy) is 2. The molecule has 4 atom stereocenters. The van der Waals surface area contributed by atoms with Crippen molar-refractivity contribution in [1.29, 1.82) is 0 Å². The van der Waals surface area contributed by atoms with Gasteiger partial charge in [-0.2, -0.15) is 0 Å². The molecule has 37 heavy (non-hydrogen) atoms. The zero-order valence-corrected chi connectivity index (χ0v) is 23.5. The van der Waals surface area contributed by atoms with Crippen LogP contribution in [0.5, 0.6) is 5.75 Å². The fourth-order valence-corrected chi connectivity index (χ4v) is 6.01. The Morgan fingerprint density at radius 3 is 2.59 bits per heavy atom. The van der Waals surface area contributed by atoms with Gasteiger partial charge in [-0.15, -0.1) is 0 Å². The molecule has 0 aliphatic carbocycles. The van der Waals surface area contributed by atoms with Gasteiger partial charge < -0.3 is 18.9 Å². The highest BCUT2D eigenvalue weighted by atomic mass is 31.2. The fourth-order valence-electron chi connectivity index (χ4n) is 4.28. The second-order valence-electron chi connectivity index (χ2n) is 10.2. The van der Waals surface area contributed by atoms with Crippen molar-refractivity contribution in [3.63, 3.8) is 0 Å². The van der Waals surface area contributed by atoms with Crippen molar-refractivity contribution in [1.82, 2.24) is 9.99 Å². The third kappa shape index (κ3) is 9.13. The van der Waals surface area contributed by atoms with Gasteiger partial charge in [0, 0.05) is 24.7 Å². The van der Waals surface area contributed by atoms with E-state index in [4.69, 9.17) is 18.5 Å². The molecule has 1 N–H and O–H groups in total. The topological polar surface area (TPSA) is 69.3 Å². The second-order valence-corrected chi connectivity index (χ2v) is 11.9. The van der Waals surface area contributed by atoms with E-state index in [9.17, 15) is 4.57 Å². The van der Waals surface area contributed by atoms with E-state index in [1.54, 1.807) is 18.2 Å². The van der Waals surface area contributed by atoms with E-state index >= 15 is 0 Å². The van der Waals surface area contributed by atoms with E-state index in [2.05, 4.69) is 31.6 Å². The van der Waals surface area contributed by atoms with Crippen LogP contribution >= 0.6 is 7.75 Å². The Morgan fingerprint density at radius 2 is 1.89 bits per heavy atom. The van der Waals surface area contributed by atoms with Crippen molar-refractivity contribution >= 4 is 7.75 Å². The van der Waals surface area contributed by atoms with Crippen LogP contribution in [0.15, 0.2) is 79.5 Å². The normalized spacial score (nSPS) is 21.6. The summed E-state index contributed by atoms with van der Waals surface area (Å²) in [6.07, 6.45) is 6.00. The van der Waals surface area contributed by atoms with Gasteiger partial charge in [-0.3, -0.25) is 4.52 Å². The summed E-state index contributed by atoms with van der Waals surface area (Å²) >= 11 is 0. The lowest BCUT2D eigenvalue weighted by Gasteiger charge is -2.31. The molecule has 0 spiro atoms. The van der Waals surface area contributed by atoms with E-state index in [1.165, 1.54) is 5.56 Å². The highest BCUT2D eigenvalue weighted by Gasteiger charge is 2.39. The van der Waals surface area contributed by atoms with Crippen molar-refractivity contribution in [3.8, 4) is 5.75 Å². The van der Waals surface area contributed by atoms with Crippen molar-refractivity contribution in [3.05, 3.63) is 90.7 Å². The van der Waals surface area contributed by atoms with E-state index in [-0.39, 0.29) is 24.9 Å². The molecule has 1 aliphatic rings. The Balaban J connectivity index is 1.64. The van der Waals surface area contributed by atoms with Crippen LogP contribution in [0.25, 0.3) is 0 Å². The van der Waals surface area contributed by atoms with Gasteiger partial charge in [-0.25, -0.2) is 9.65 Å². The smallest absolute Gasteiger partial charge is 0.413 e. The molecule has 0 amide bonds. The van der Waals surface area contributed by atoms with Gasteiger partial charge in [0.25, 0.3) is 0 Å². The van der Waals surface area contributed by atoms with Gasteiger partial charge in [0.1, 0.15) is 12.0 Å². The molecule has 4 unspecified atom stereocenters. The van der Waals surface area contributed by atoms with E-state index in [0.717, 1.165) is 12.0 Å². The minimum Gasteiger partial charge on any atom is -0.413 e. The lowest BCUT2D eigenvalue weighted by molar-refractivity contribution is -0.0498. The van der Waals surface area contributed by atoms with Crippen LogP contribution in [0.4, 0.5) is 0 Å². The maximum Gasteiger partial charge on any atom is 0.459 e. The Hall–Kier alpha value is -2.41. The van der Waals surface area contributed by atoms with Crippen LogP contribution in [0, 0.1) is 12.8 Å². The number of hydrogen-bond donors (Lipinski definition) is 1. The first-order valence-corrected chi connectivity index (χ1v) is 14.2. The fraction of sp³-hybridized carbons (Fsp3) is 0.448. The van der Waals surface area contributed by atoms with Crippen LogP contribution in [0.2, 0.25) is 0 Å². The molecular formula is C29H41N2O5P. The molecule has 0 radical (unpaired) electrons. The molecule has 0 bridgehead atoms. The standard InChI is InChI=1S/C29H41N2O5P/c1-7-8-18-31(6)28-24(3)19-27(35-28)21-34-37(32,36-26-16-10-9-11-17-26)30-29(4,5)22-33-20-25-15-13-12-14-23(25)2/h7-18,24,27-28H,1,19-22H2,2-6H3,(H,30,32)/b18-8-. The number of aryl methyl sites for hydroxylation is 1. The van der Waals surface area contributed by atoms with Gasteiger partial charge in [-0.05, 0) is 56.5 Å². The highest BCUT2D eigenvalue weighted by Crippen LogP contribution is 2.47. The summed E-state index contributed by atoms with van der Waals surface area (Å²) < 4.78 is 38.1. The lowest BCUT2D eigenvalue weighted by Crippen LogP contribution is -2.43. The van der Waals surface area contributed by atoms with Gasteiger partial charge in [0.2, 0.25) is 0 Å². The molecular weight excluding hydrogens is 487 g/mol. The third-order valence-electron chi connectivity index (χ3n) is 6.13. The molecule has 3 rings (SSSR count). The number of para-hydroxylation sites is 1. The average Bonchev–Trinajstić information content (AvgIpc) is 3.23. The van der Waals surface area contributed by atoms with E-state index in [0.29, 0.717) is 19.0 Å². The third-order valence-corrected chi connectivity index (χ3v) is 7.95. The molecule has 1 heterocycles. The molecule has 202 valence electrons. The summed E-state index contributed by atoms with van der Waals surface area (Å²) in [6, 6.07) is 17.1. The Bertz CT molecular complexity index is 1070. The molecule has 0 saturated carbocycles. The van der Waals surface area contributed by atoms with Gasteiger partial charge in [0.05, 0.1) is 25.9 Å². The Kier molecular flexibility index (Phi) is 10.6. The molecule has 8 heteroatoms. The van der Waals surface area contributed by atoms with Crippen LogP contribution in [-0.2, 0) is 25.2 Å². The average molecular weight is 529 g/mol. The van der Waals surface area contributed by atoms with Crippen molar-refractivity contribution in [2.75, 3.05) is 20.3 Å². The van der Waals surface area contributed by atoms with Crippen LogP contribution in [0.3, 0.4) is 0 Å². The predicted molar refractivity (Wildman–Crippen MR) is 148 cm³/mol. The number of benzene rings is 2. The van der Waals surface area contributed by atoms with Gasteiger partial charge in [0.15, 0.2) is 0 Å². The van der Waals surface area contributed by atoms with Crippen LogP contribution in [-0.4, -0.2) is 43.0 Å². The van der Waals surface area contributed by atoms with Crippen LogP contribution < -0.4 is 9.61 Å². The lowest BCUT2D eigenvalue weighted by atomic mass is 10.1. The summed E-state index contributed by atoms with van der Waals surface area (Å²) in [4.78, 5) is 2.01. The monoisotopic (exact) mass is 528 g/mol. The first kappa shape index (κ1) is 29.2. The molecule has 1 saturated heterocycles. The number of nitrogens with one attached hydrogen (secondary N) is 1. The quantitative estimate of drug-likeness (QED) is 0.223. The summed E-state index contributed by atoms with van der Waals surface area (Å²) in [7, 11) is -1.80. The SMILES string of the molecule is C=C/C=C\N(C)C1OC(COP(=O)(NC(C)(C)COCc2ccccc2C)Oc2ccccc2)CC1C. The summed E-state index contributed by atoms with van der Waals surface area (Å²) in [5, 5.41) is 3.11. The molecule has 0 aromatic heterocycles. The maximum absolute atomic E-state index is 14.0. The number of rotatable bonds is 14. The zero-order valence-electron chi connectivity index (χ0n) is 22.6. The molecule has 7 nitrogen and oxygen atoms in total. The minimum atomic E-state index is -3.77. The number of nitrogens with zero attached hydrogens (tertiary/aromatic N) is 1. The predicted octanol–water partition coefficient (Wildman–Crippen LogP) is 6.47. The van der Waals surface area contributed by atoms with Gasteiger partial charge in [-0.1, -0.05) is 62.0 Å². The second kappa shape index (κ2) is 13.4. The largest absolute Gasteiger partial charge is 0.459 e. The summed E-state index contributed by atoms with van der Waals surface area (Å²) in [5.74, 6) is 0.740. The summed E-state index contributed by atoms with van der Waals surface area (Å²) in [5.41, 5.74) is 1.60. The molecule has 2 aromatic carbocycles. The number of allylic oxidation sites excluding steroid dienone is 2. The zero-order chi connectivity index (χ0) is 26.9. The van der Waals surface area contributed by atoms with Crippen molar-refractivity contribution in [2.45, 2.75) is 58.6 Å². The summed E-state index contributed by atoms with van der Waals surface area (Å²) in [6.45, 7) is 12.7. The Labute approximate surface area is 222 Å². The first-order valence-electron chi connectivity index (χ1n) is 12.7. The Morgan fingerprint density at radius 1 is 1.19 bits per heavy atom. The van der Waals surface area contributed by atoms with Crippen LogP contribution in [0.1, 0.15) is 38.3 Å². The minimum absolute atomic E-state index is 0.0986. The van der Waals surface area contributed by atoms with Gasteiger partial charge >= 0.3 is 7.75 Å². The van der Waals surface area contributed by atoms with Crippen molar-refractivity contribution < 1.29 is 23.1 Å². The van der Waals surface area contributed by atoms with E-state index in [1.807, 2.05) is 74.5 Å². The van der Waals surface area contributed by atoms with E-state index < -0.39 is 13.3 Å².